The van der Waals surface area contributed by atoms with Crippen LogP contribution < -0.4 is 43.4 Å². The number of nitrogens with one attached hydrogen (secondary N) is 6. The standard InChI is InChI=1S/2C25H35F2N3O.2C24H33F2N3O/c2*1-16-21(23(31)29-19-9-7-8-17(14-19)25(5,26)27)15-22(24(2,3)4)30(16)20-12-10-18(28-6)11-13-20;2*1-15-20(22(30)28-18-8-6-7-16(13-18)24(5,25)26)14-21(23(2,3)4)29(15)19-11-9-17(27)10-12-19/h2*7-9,14-15,18,20,28H,10-13H2,1-6H3,(H,29,31);2*6-8,13-14,17,19H,9-12,27H2,1-5H3,(H,28,30). The zero-order valence-corrected chi connectivity index (χ0v) is 76.1. The van der Waals surface area contributed by atoms with Gasteiger partial charge in [0.2, 0.25) is 0 Å². The van der Waals surface area contributed by atoms with Crippen molar-refractivity contribution in [3.8, 4) is 0 Å². The first-order valence-electron chi connectivity index (χ1n) is 43.5. The predicted molar refractivity (Wildman–Crippen MR) is 479 cm³/mol. The summed E-state index contributed by atoms with van der Waals surface area (Å²) in [5.41, 5.74) is 23.3. The van der Waals surface area contributed by atoms with Crippen molar-refractivity contribution in [1.29, 1.82) is 0 Å². The Morgan fingerprint density at radius 2 is 0.475 bits per heavy atom. The van der Waals surface area contributed by atoms with Crippen molar-refractivity contribution < 1.29 is 54.3 Å². The number of alkyl halides is 8. The summed E-state index contributed by atoms with van der Waals surface area (Å²) >= 11 is 0. The quantitative estimate of drug-likeness (QED) is 0.0386. The van der Waals surface area contributed by atoms with Gasteiger partial charge in [0, 0.05) is 188 Å². The molecule has 4 amide bonds. The summed E-state index contributed by atoms with van der Waals surface area (Å²) in [6.07, 6.45) is 16.6. The number of hydrogen-bond acceptors (Lipinski definition) is 8. The third-order valence-electron chi connectivity index (χ3n) is 24.9. The number of amides is 4. The number of benzene rings is 4. The fraction of sp³-hybridized carbons (Fsp3) is 0.551. The molecule has 0 aliphatic heterocycles. The lowest BCUT2D eigenvalue weighted by Gasteiger charge is -2.34. The van der Waals surface area contributed by atoms with E-state index in [0.29, 0.717) is 81.3 Å². The number of carbonyl (C=O) groups is 4. The van der Waals surface area contributed by atoms with Crippen LogP contribution in [0.1, 0.15) is 347 Å². The second-order valence-electron chi connectivity index (χ2n) is 39.0. The Morgan fingerprint density at radius 1 is 0.295 bits per heavy atom. The number of aromatic nitrogens is 4. The van der Waals surface area contributed by atoms with Gasteiger partial charge in [-0.15, -0.1) is 0 Å². The highest BCUT2D eigenvalue weighted by atomic mass is 19.3. The lowest BCUT2D eigenvalue weighted by molar-refractivity contribution is 0.0168. The molecule has 4 fully saturated rings. The Balaban J connectivity index is 0.000000185. The van der Waals surface area contributed by atoms with Crippen molar-refractivity contribution in [3.05, 3.63) is 211 Å². The largest absolute Gasteiger partial charge is 0.345 e. The van der Waals surface area contributed by atoms with Crippen molar-refractivity contribution in [3.63, 3.8) is 0 Å². The molecule has 10 N–H and O–H groups in total. The average Bonchev–Trinajstić information content (AvgIpc) is 1.63. The van der Waals surface area contributed by atoms with Crippen LogP contribution in [-0.4, -0.2) is 80.2 Å². The van der Waals surface area contributed by atoms with Gasteiger partial charge in [-0.2, -0.15) is 0 Å². The van der Waals surface area contributed by atoms with Crippen LogP contribution in [0.3, 0.4) is 0 Å². The number of halogens is 8. The zero-order valence-electron chi connectivity index (χ0n) is 76.1. The first-order valence-corrected chi connectivity index (χ1v) is 43.5. The van der Waals surface area contributed by atoms with Gasteiger partial charge in [0.1, 0.15) is 0 Å². The summed E-state index contributed by atoms with van der Waals surface area (Å²) < 4.78 is 119. The molecular weight excluding hydrogens is 1560 g/mol. The van der Waals surface area contributed by atoms with Crippen molar-refractivity contribution in [2.24, 2.45) is 11.5 Å². The molecule has 4 aliphatic rings. The lowest BCUT2D eigenvalue weighted by Crippen LogP contribution is -2.32. The number of hydrogen-bond donors (Lipinski definition) is 8. The number of rotatable bonds is 18. The topological polar surface area (TPSA) is 212 Å². The van der Waals surface area contributed by atoms with E-state index < -0.39 is 23.7 Å². The van der Waals surface area contributed by atoms with E-state index in [4.69, 9.17) is 11.5 Å². The number of anilines is 4. The molecule has 4 aliphatic carbocycles. The van der Waals surface area contributed by atoms with Crippen molar-refractivity contribution in [1.82, 2.24) is 28.9 Å². The summed E-state index contributed by atoms with van der Waals surface area (Å²) in [4.78, 5) is 52.5. The minimum absolute atomic E-state index is 0.115. The molecule has 4 saturated carbocycles. The van der Waals surface area contributed by atoms with Gasteiger partial charge in [-0.3, -0.25) is 19.2 Å². The third kappa shape index (κ3) is 24.4. The van der Waals surface area contributed by atoms with E-state index in [2.05, 4.69) is 133 Å². The fourth-order valence-corrected chi connectivity index (χ4v) is 17.8. The van der Waals surface area contributed by atoms with Gasteiger partial charge in [0.25, 0.3) is 47.3 Å². The van der Waals surface area contributed by atoms with Gasteiger partial charge in [-0.25, -0.2) is 35.1 Å². The van der Waals surface area contributed by atoms with E-state index in [9.17, 15) is 54.3 Å². The van der Waals surface area contributed by atoms with Gasteiger partial charge in [-0.1, -0.05) is 132 Å². The molecular formula is C98H136F8N12O4. The van der Waals surface area contributed by atoms with Crippen LogP contribution in [0.5, 0.6) is 0 Å². The lowest BCUT2D eigenvalue weighted by atomic mass is 9.88. The Kier molecular flexibility index (Phi) is 30.8. The summed E-state index contributed by atoms with van der Waals surface area (Å²) in [5, 5.41) is 18.0. The summed E-state index contributed by atoms with van der Waals surface area (Å²) in [6, 6.07) is 34.4. The van der Waals surface area contributed by atoms with E-state index >= 15 is 0 Å². The van der Waals surface area contributed by atoms with Crippen LogP contribution in [0.4, 0.5) is 57.9 Å². The van der Waals surface area contributed by atoms with Gasteiger partial charge in [0.05, 0.1) is 22.3 Å². The van der Waals surface area contributed by atoms with Crippen LogP contribution in [-0.2, 0) is 45.4 Å². The van der Waals surface area contributed by atoms with Crippen molar-refractivity contribution in [2.45, 2.75) is 335 Å². The van der Waals surface area contributed by atoms with E-state index in [1.165, 1.54) is 60.7 Å². The minimum Gasteiger partial charge on any atom is -0.345 e. The normalized spacial score (nSPS) is 20.1. The molecule has 8 aromatic rings. The SMILES string of the molecule is CNC1CCC(n2c(C(C)(C)C)cc(C(=O)Nc3cccc(C(C)(F)F)c3)c2C)CC1.CNC1CCC(n2c(C(C)(C)C)cc(C(=O)Nc3cccc(C(C)(F)F)c3)c2C)CC1.Cc1c(C(=O)Nc2cccc(C(C)(F)F)c2)cc(C(C)(C)C)n1C1CCC(N)CC1.Cc1c(C(=O)Nc2cccc(C(C)(F)F)c2)cc(C(C)(C)C)n1C1CCC(N)CC1. The molecule has 668 valence electrons. The number of nitrogens with zero attached hydrogens (tertiary/aromatic N) is 4. The summed E-state index contributed by atoms with van der Waals surface area (Å²) in [6.45, 7) is 37.1. The molecule has 0 spiro atoms. The smallest absolute Gasteiger partial charge is 0.270 e. The maximum Gasteiger partial charge on any atom is 0.270 e. The molecule has 4 aromatic carbocycles. The highest BCUT2D eigenvalue weighted by Crippen LogP contribution is 2.44. The van der Waals surface area contributed by atoms with Crippen LogP contribution in [0.15, 0.2) is 121 Å². The van der Waals surface area contributed by atoms with E-state index in [1.807, 2.05) is 66.1 Å². The highest BCUT2D eigenvalue weighted by Gasteiger charge is 2.38. The Bertz CT molecular complexity index is 4600. The second-order valence-corrected chi connectivity index (χ2v) is 39.0. The van der Waals surface area contributed by atoms with Gasteiger partial charge >= 0.3 is 0 Å². The number of nitrogens with two attached hydrogens (primary N) is 2. The monoisotopic (exact) mass is 1700 g/mol. The van der Waals surface area contributed by atoms with Crippen LogP contribution in [0.2, 0.25) is 0 Å². The number of carbonyl (C=O) groups excluding carboxylic acids is 4. The first kappa shape index (κ1) is 97.0. The maximum atomic E-state index is 13.7. The van der Waals surface area contributed by atoms with Crippen LogP contribution >= 0.6 is 0 Å². The van der Waals surface area contributed by atoms with Gasteiger partial charge in [0.15, 0.2) is 0 Å². The molecule has 4 heterocycles. The Hall–Kier alpha value is -8.84. The fourth-order valence-electron chi connectivity index (χ4n) is 17.8. The minimum atomic E-state index is -2.96. The molecule has 0 radical (unpaired) electrons. The van der Waals surface area contributed by atoms with E-state index in [-0.39, 0.29) is 79.6 Å². The third-order valence-corrected chi connectivity index (χ3v) is 24.9. The molecule has 4 aromatic heterocycles. The molecule has 16 nitrogen and oxygen atoms in total. The van der Waals surface area contributed by atoms with Crippen molar-refractivity contribution in [2.75, 3.05) is 35.4 Å². The predicted octanol–water partition coefficient (Wildman–Crippen LogP) is 24.1. The average molecular weight is 1700 g/mol. The molecule has 0 bridgehead atoms. The summed E-state index contributed by atoms with van der Waals surface area (Å²) in [7, 11) is 4.02. The molecule has 122 heavy (non-hydrogen) atoms. The summed E-state index contributed by atoms with van der Waals surface area (Å²) in [5.74, 6) is -12.9. The second kappa shape index (κ2) is 38.7. The van der Waals surface area contributed by atoms with Crippen molar-refractivity contribution >= 4 is 46.4 Å². The van der Waals surface area contributed by atoms with E-state index in [1.54, 1.807) is 36.4 Å². The zero-order chi connectivity index (χ0) is 90.5. The molecule has 0 atom stereocenters. The highest BCUT2D eigenvalue weighted by molar-refractivity contribution is 6.07. The van der Waals surface area contributed by atoms with E-state index in [0.717, 1.165) is 176 Å². The Morgan fingerprint density at radius 3 is 0.639 bits per heavy atom. The van der Waals surface area contributed by atoms with Crippen LogP contribution in [0.25, 0.3) is 0 Å². The maximum absolute atomic E-state index is 13.7. The molecule has 0 unspecified atom stereocenters. The molecule has 24 heteroatoms. The Labute approximate surface area is 719 Å². The van der Waals surface area contributed by atoms with Gasteiger partial charge < -0.3 is 61.6 Å². The molecule has 12 rings (SSSR count). The van der Waals surface area contributed by atoms with Gasteiger partial charge in [-0.05, 0) is 217 Å². The molecule has 0 saturated heterocycles. The van der Waals surface area contributed by atoms with Crippen LogP contribution in [0, 0.1) is 27.7 Å². The first-order chi connectivity index (χ1) is 56.6.